The zero-order valence-corrected chi connectivity index (χ0v) is 10.8. The maximum Gasteiger partial charge on any atom is 0.226 e. The monoisotopic (exact) mass is 225 g/mol. The highest BCUT2D eigenvalue weighted by molar-refractivity contribution is 5.82. The van der Waals surface area contributed by atoms with Gasteiger partial charge in [0.25, 0.3) is 0 Å². The molecule has 3 nitrogen and oxygen atoms in total. The number of ether oxygens (including phenoxy) is 1. The molecule has 1 heterocycles. The molecule has 1 saturated heterocycles. The van der Waals surface area contributed by atoms with Crippen molar-refractivity contribution in [3.05, 3.63) is 0 Å². The van der Waals surface area contributed by atoms with E-state index in [0.717, 1.165) is 13.1 Å². The molecule has 92 valence electrons. The fourth-order valence-corrected chi connectivity index (χ4v) is 3.13. The summed E-state index contributed by atoms with van der Waals surface area (Å²) in [4.78, 5) is 14.3. The average Bonchev–Trinajstić information content (AvgIpc) is 2.89. The lowest BCUT2D eigenvalue weighted by molar-refractivity contribution is -0.140. The predicted molar refractivity (Wildman–Crippen MR) is 63.0 cm³/mol. The quantitative estimate of drug-likeness (QED) is 0.717. The van der Waals surface area contributed by atoms with Gasteiger partial charge in [0, 0.05) is 19.0 Å². The second-order valence-corrected chi connectivity index (χ2v) is 5.67. The number of hydrogen-bond donors (Lipinski definition) is 0. The molecule has 0 radical (unpaired) electrons. The number of rotatable bonds is 2. The van der Waals surface area contributed by atoms with Crippen LogP contribution >= 0.6 is 0 Å². The van der Waals surface area contributed by atoms with Gasteiger partial charge in [-0.05, 0) is 24.7 Å². The summed E-state index contributed by atoms with van der Waals surface area (Å²) < 4.78 is 5.47. The minimum atomic E-state index is 0.198. The first kappa shape index (κ1) is 11.9. The molecule has 4 atom stereocenters. The second-order valence-electron chi connectivity index (χ2n) is 5.67. The number of carbonyl (C=O) groups excluding carboxylic acids is 1. The zero-order valence-electron chi connectivity index (χ0n) is 10.8. The van der Waals surface area contributed by atoms with Crippen molar-refractivity contribution in [1.82, 2.24) is 4.90 Å². The molecule has 0 spiro atoms. The lowest BCUT2D eigenvalue weighted by Crippen LogP contribution is -2.45. The molecule has 0 aromatic heterocycles. The Morgan fingerprint density at radius 2 is 2.06 bits per heavy atom. The Kier molecular flexibility index (Phi) is 3.24. The summed E-state index contributed by atoms with van der Waals surface area (Å²) in [6.07, 6.45) is 0.198. The van der Waals surface area contributed by atoms with Crippen LogP contribution in [0, 0.1) is 23.7 Å². The molecule has 0 aromatic rings. The molecule has 4 unspecified atom stereocenters. The first-order chi connectivity index (χ1) is 7.52. The highest BCUT2D eigenvalue weighted by Gasteiger charge is 2.54. The highest BCUT2D eigenvalue weighted by atomic mass is 16.5. The van der Waals surface area contributed by atoms with Gasteiger partial charge in [-0.2, -0.15) is 0 Å². The van der Waals surface area contributed by atoms with E-state index >= 15 is 0 Å². The number of carbonyl (C=O) groups is 1. The van der Waals surface area contributed by atoms with Crippen LogP contribution in [0.2, 0.25) is 0 Å². The first-order valence-electron chi connectivity index (χ1n) is 6.42. The first-order valence-corrected chi connectivity index (χ1v) is 6.42. The smallest absolute Gasteiger partial charge is 0.226 e. The molecular weight excluding hydrogens is 202 g/mol. The minimum Gasteiger partial charge on any atom is -0.375 e. The molecule has 1 saturated carbocycles. The number of morpholine rings is 1. The van der Waals surface area contributed by atoms with E-state index in [2.05, 4.69) is 20.8 Å². The van der Waals surface area contributed by atoms with Gasteiger partial charge in [-0.1, -0.05) is 20.8 Å². The van der Waals surface area contributed by atoms with Crippen LogP contribution in [-0.2, 0) is 9.53 Å². The largest absolute Gasteiger partial charge is 0.375 e. The van der Waals surface area contributed by atoms with E-state index in [1.165, 1.54) is 0 Å². The lowest BCUT2D eigenvalue weighted by atomic mass is 10.1. The Morgan fingerprint density at radius 3 is 2.56 bits per heavy atom. The van der Waals surface area contributed by atoms with Crippen molar-refractivity contribution in [3.63, 3.8) is 0 Å². The fraction of sp³-hybridized carbons (Fsp3) is 0.923. The summed E-state index contributed by atoms with van der Waals surface area (Å²) in [6, 6.07) is 0. The van der Waals surface area contributed by atoms with Crippen LogP contribution in [0.25, 0.3) is 0 Å². The molecule has 16 heavy (non-hydrogen) atoms. The van der Waals surface area contributed by atoms with Gasteiger partial charge in [0.05, 0.1) is 12.7 Å². The standard InChI is InChI=1S/C13H23NO2/c1-8(2)11-10(4)12(11)13(15)14-5-6-16-9(3)7-14/h8-12H,5-7H2,1-4H3. The summed E-state index contributed by atoms with van der Waals surface area (Å²) in [7, 11) is 0. The Hall–Kier alpha value is -0.570. The summed E-state index contributed by atoms with van der Waals surface area (Å²) in [5.41, 5.74) is 0. The van der Waals surface area contributed by atoms with Gasteiger partial charge in [0.2, 0.25) is 5.91 Å². The number of hydrogen-bond acceptors (Lipinski definition) is 2. The van der Waals surface area contributed by atoms with Crippen molar-refractivity contribution in [2.75, 3.05) is 19.7 Å². The number of nitrogens with zero attached hydrogens (tertiary/aromatic N) is 1. The van der Waals surface area contributed by atoms with Gasteiger partial charge in [0.15, 0.2) is 0 Å². The Labute approximate surface area is 98.1 Å². The van der Waals surface area contributed by atoms with Crippen molar-refractivity contribution >= 4 is 5.91 Å². The molecule has 1 aliphatic carbocycles. The summed E-state index contributed by atoms with van der Waals surface area (Å²) in [6.45, 7) is 10.9. The maximum absolute atomic E-state index is 12.3. The van der Waals surface area contributed by atoms with E-state index in [-0.39, 0.29) is 12.0 Å². The molecular formula is C13H23NO2. The molecule has 0 bridgehead atoms. The molecule has 2 aliphatic rings. The number of amides is 1. The zero-order chi connectivity index (χ0) is 11.9. The van der Waals surface area contributed by atoms with Crippen LogP contribution in [0.4, 0.5) is 0 Å². The van der Waals surface area contributed by atoms with Gasteiger partial charge in [-0.3, -0.25) is 4.79 Å². The molecule has 2 fully saturated rings. The van der Waals surface area contributed by atoms with Gasteiger partial charge in [0.1, 0.15) is 0 Å². The molecule has 1 amide bonds. The van der Waals surface area contributed by atoms with Gasteiger partial charge < -0.3 is 9.64 Å². The van der Waals surface area contributed by atoms with Crippen LogP contribution in [0.5, 0.6) is 0 Å². The Bertz CT molecular complexity index is 273. The Balaban J connectivity index is 1.93. The van der Waals surface area contributed by atoms with Crippen molar-refractivity contribution in [2.24, 2.45) is 23.7 Å². The van der Waals surface area contributed by atoms with Crippen LogP contribution in [0.3, 0.4) is 0 Å². The van der Waals surface area contributed by atoms with E-state index in [0.29, 0.717) is 30.3 Å². The van der Waals surface area contributed by atoms with Crippen LogP contribution in [0.1, 0.15) is 27.7 Å². The van der Waals surface area contributed by atoms with Crippen LogP contribution in [-0.4, -0.2) is 36.6 Å². The van der Waals surface area contributed by atoms with E-state index < -0.39 is 0 Å². The molecule has 0 aromatic carbocycles. The summed E-state index contributed by atoms with van der Waals surface area (Å²) >= 11 is 0. The third-order valence-corrected chi connectivity index (χ3v) is 4.06. The van der Waals surface area contributed by atoms with Crippen molar-refractivity contribution in [2.45, 2.75) is 33.8 Å². The molecule has 3 heteroatoms. The van der Waals surface area contributed by atoms with Gasteiger partial charge in [-0.15, -0.1) is 0 Å². The SMILES string of the molecule is CC1CN(C(=O)C2C(C)C2C(C)C)CCO1. The van der Waals surface area contributed by atoms with Crippen LogP contribution < -0.4 is 0 Å². The van der Waals surface area contributed by atoms with Crippen molar-refractivity contribution in [3.8, 4) is 0 Å². The second kappa shape index (κ2) is 4.36. The Morgan fingerprint density at radius 1 is 1.38 bits per heavy atom. The summed E-state index contributed by atoms with van der Waals surface area (Å²) in [5, 5.41) is 0. The van der Waals surface area contributed by atoms with E-state index in [1.807, 2.05) is 11.8 Å². The average molecular weight is 225 g/mol. The van der Waals surface area contributed by atoms with Crippen molar-refractivity contribution in [1.29, 1.82) is 0 Å². The van der Waals surface area contributed by atoms with Crippen molar-refractivity contribution < 1.29 is 9.53 Å². The topological polar surface area (TPSA) is 29.5 Å². The maximum atomic E-state index is 12.3. The predicted octanol–water partition coefficient (Wildman–Crippen LogP) is 1.77. The van der Waals surface area contributed by atoms with Gasteiger partial charge >= 0.3 is 0 Å². The highest BCUT2D eigenvalue weighted by Crippen LogP contribution is 2.51. The van der Waals surface area contributed by atoms with E-state index in [1.54, 1.807) is 0 Å². The van der Waals surface area contributed by atoms with Crippen LogP contribution in [0.15, 0.2) is 0 Å². The molecule has 1 aliphatic heterocycles. The normalized spacial score (nSPS) is 38.9. The third-order valence-electron chi connectivity index (χ3n) is 4.06. The third kappa shape index (κ3) is 2.10. The fourth-order valence-electron chi connectivity index (χ4n) is 3.13. The molecule has 2 rings (SSSR count). The molecule has 0 N–H and O–H groups in total. The minimum absolute atomic E-state index is 0.198. The lowest BCUT2D eigenvalue weighted by Gasteiger charge is -2.31. The van der Waals surface area contributed by atoms with Gasteiger partial charge in [-0.25, -0.2) is 0 Å². The van der Waals surface area contributed by atoms with E-state index in [4.69, 9.17) is 4.74 Å². The van der Waals surface area contributed by atoms with E-state index in [9.17, 15) is 4.79 Å². The summed E-state index contributed by atoms with van der Waals surface area (Å²) in [5.74, 6) is 2.45.